The molecule has 1 heterocycles. The molecule has 1 aliphatic rings. The molecule has 1 aliphatic carbocycles. The quantitative estimate of drug-likeness (QED) is 0.851. The summed E-state index contributed by atoms with van der Waals surface area (Å²) in [5.41, 5.74) is -0.779. The number of hydrogen-bond acceptors (Lipinski definition) is 3. The van der Waals surface area contributed by atoms with Gasteiger partial charge in [0.1, 0.15) is 18.8 Å². The van der Waals surface area contributed by atoms with Crippen molar-refractivity contribution in [1.29, 1.82) is 0 Å². The molecule has 20 heavy (non-hydrogen) atoms. The molecule has 1 fully saturated rings. The highest BCUT2D eigenvalue weighted by molar-refractivity contribution is 6.76. The molecule has 1 atom stereocenters. The van der Waals surface area contributed by atoms with Crippen molar-refractivity contribution in [3.8, 4) is 0 Å². The van der Waals surface area contributed by atoms with Crippen molar-refractivity contribution in [2.24, 2.45) is 5.92 Å². The van der Waals surface area contributed by atoms with Crippen molar-refractivity contribution in [1.82, 2.24) is 14.8 Å². The van der Waals surface area contributed by atoms with Crippen molar-refractivity contribution in [2.45, 2.75) is 69.7 Å². The zero-order chi connectivity index (χ0) is 14.8. The van der Waals surface area contributed by atoms with Crippen LogP contribution >= 0.6 is 0 Å². The molecule has 2 rings (SSSR count). The number of alkyl halides is 1. The first-order valence-corrected chi connectivity index (χ1v) is 11.2. The van der Waals surface area contributed by atoms with E-state index in [0.717, 1.165) is 18.9 Å². The van der Waals surface area contributed by atoms with Crippen LogP contribution in [0.15, 0.2) is 12.7 Å². The van der Waals surface area contributed by atoms with Gasteiger partial charge in [-0.3, -0.25) is 4.68 Å². The summed E-state index contributed by atoms with van der Waals surface area (Å²) in [6.45, 7) is 7.26. The number of nitrogens with zero attached hydrogens (tertiary/aromatic N) is 3. The number of aliphatic hydroxyl groups is 1. The molecular weight excluding hydrogens is 273 g/mol. The van der Waals surface area contributed by atoms with E-state index in [0.29, 0.717) is 19.4 Å². The predicted octanol–water partition coefficient (Wildman–Crippen LogP) is 2.88. The van der Waals surface area contributed by atoms with E-state index in [9.17, 15) is 9.50 Å². The molecular formula is C14H26FN3OSi. The van der Waals surface area contributed by atoms with E-state index in [-0.39, 0.29) is 5.92 Å². The van der Waals surface area contributed by atoms with Gasteiger partial charge in [0.15, 0.2) is 0 Å². The molecule has 4 nitrogen and oxygen atoms in total. The van der Waals surface area contributed by atoms with Gasteiger partial charge in [-0.15, -0.1) is 0 Å². The van der Waals surface area contributed by atoms with Gasteiger partial charge in [-0.1, -0.05) is 19.6 Å². The Labute approximate surface area is 121 Å². The van der Waals surface area contributed by atoms with Crippen molar-refractivity contribution in [2.75, 3.05) is 0 Å². The topological polar surface area (TPSA) is 50.9 Å². The van der Waals surface area contributed by atoms with Crippen LogP contribution < -0.4 is 0 Å². The normalized spacial score (nSPS) is 27.2. The van der Waals surface area contributed by atoms with E-state index in [1.807, 2.05) is 0 Å². The molecule has 114 valence electrons. The summed E-state index contributed by atoms with van der Waals surface area (Å²) in [5, 5.41) is 15.4. The lowest BCUT2D eigenvalue weighted by Gasteiger charge is -2.42. The maximum atomic E-state index is 13.4. The van der Waals surface area contributed by atoms with E-state index in [2.05, 4.69) is 29.7 Å². The van der Waals surface area contributed by atoms with Crippen molar-refractivity contribution >= 4 is 8.07 Å². The standard InChI is InChI=1S/C14H26FN3OSi/c1-20(2,3)9-14(19,8-18-11-16-10-17-18)12-4-6-13(15)7-5-12/h10-13,19H,4-9H2,1-3H3. The zero-order valence-corrected chi connectivity index (χ0v) is 13.7. The number of halogens is 1. The Kier molecular flexibility index (Phi) is 4.64. The van der Waals surface area contributed by atoms with E-state index in [4.69, 9.17) is 0 Å². The van der Waals surface area contributed by atoms with Crippen LogP contribution in [0.5, 0.6) is 0 Å². The predicted molar refractivity (Wildman–Crippen MR) is 80.0 cm³/mol. The zero-order valence-electron chi connectivity index (χ0n) is 12.7. The summed E-state index contributed by atoms with van der Waals surface area (Å²) in [4.78, 5) is 3.95. The van der Waals surface area contributed by atoms with Gasteiger partial charge in [0.2, 0.25) is 0 Å². The molecule has 1 N–H and O–H groups in total. The third-order valence-corrected chi connectivity index (χ3v) is 5.83. The molecule has 0 saturated heterocycles. The van der Waals surface area contributed by atoms with Gasteiger partial charge >= 0.3 is 0 Å². The minimum Gasteiger partial charge on any atom is -0.388 e. The van der Waals surface area contributed by atoms with Gasteiger partial charge < -0.3 is 5.11 Å². The number of rotatable bonds is 5. The maximum Gasteiger partial charge on any atom is 0.137 e. The van der Waals surface area contributed by atoms with Crippen LogP contribution in [0.1, 0.15) is 25.7 Å². The van der Waals surface area contributed by atoms with Gasteiger partial charge in [-0.05, 0) is 37.6 Å². The fourth-order valence-corrected chi connectivity index (χ4v) is 5.67. The van der Waals surface area contributed by atoms with Crippen LogP contribution in [0.25, 0.3) is 0 Å². The largest absolute Gasteiger partial charge is 0.388 e. The lowest BCUT2D eigenvalue weighted by Crippen LogP contribution is -2.48. The van der Waals surface area contributed by atoms with Crippen molar-refractivity contribution in [3.05, 3.63) is 12.7 Å². The Morgan fingerprint density at radius 2 is 1.95 bits per heavy atom. The Balaban J connectivity index is 2.14. The average Bonchev–Trinajstić information content (AvgIpc) is 2.79. The van der Waals surface area contributed by atoms with Gasteiger partial charge in [0, 0.05) is 8.07 Å². The fourth-order valence-electron chi connectivity index (χ4n) is 3.43. The van der Waals surface area contributed by atoms with Crippen LogP contribution in [-0.4, -0.2) is 39.7 Å². The van der Waals surface area contributed by atoms with E-state index in [1.54, 1.807) is 11.0 Å². The number of hydrogen-bond donors (Lipinski definition) is 1. The van der Waals surface area contributed by atoms with Crippen LogP contribution in [0.2, 0.25) is 25.7 Å². The third kappa shape index (κ3) is 4.12. The third-order valence-electron chi connectivity index (χ3n) is 4.16. The summed E-state index contributed by atoms with van der Waals surface area (Å²) < 4.78 is 15.1. The molecule has 0 aliphatic heterocycles. The molecule has 1 unspecified atom stereocenters. The highest BCUT2D eigenvalue weighted by Gasteiger charge is 2.42. The lowest BCUT2D eigenvalue weighted by molar-refractivity contribution is -0.0410. The summed E-state index contributed by atoms with van der Waals surface area (Å²) in [5.74, 6) is 0.172. The fraction of sp³-hybridized carbons (Fsp3) is 0.857. The molecule has 6 heteroatoms. The second-order valence-electron chi connectivity index (χ2n) is 7.38. The molecule has 0 bridgehead atoms. The first-order valence-electron chi connectivity index (χ1n) is 7.47. The summed E-state index contributed by atoms with van der Waals surface area (Å²) in [6, 6.07) is 0.821. The van der Waals surface area contributed by atoms with Crippen LogP contribution in [0.4, 0.5) is 4.39 Å². The second kappa shape index (κ2) is 5.93. The van der Waals surface area contributed by atoms with Crippen LogP contribution in [-0.2, 0) is 6.54 Å². The Bertz CT molecular complexity index is 413. The Morgan fingerprint density at radius 1 is 1.30 bits per heavy atom. The molecule has 0 radical (unpaired) electrons. The molecule has 1 saturated carbocycles. The van der Waals surface area contributed by atoms with E-state index in [1.165, 1.54) is 6.33 Å². The van der Waals surface area contributed by atoms with Crippen LogP contribution in [0, 0.1) is 5.92 Å². The smallest absolute Gasteiger partial charge is 0.137 e. The minimum absolute atomic E-state index is 0.172. The SMILES string of the molecule is C[Si](C)(C)CC(O)(Cn1cncn1)C1CCC(F)CC1. The molecule has 1 aromatic heterocycles. The van der Waals surface area contributed by atoms with Crippen LogP contribution in [0.3, 0.4) is 0 Å². The van der Waals surface area contributed by atoms with Gasteiger partial charge in [-0.25, -0.2) is 9.37 Å². The molecule has 0 amide bonds. The van der Waals surface area contributed by atoms with Gasteiger partial charge in [0.05, 0.1) is 12.1 Å². The molecule has 0 spiro atoms. The maximum absolute atomic E-state index is 13.4. The monoisotopic (exact) mass is 299 g/mol. The van der Waals surface area contributed by atoms with E-state index >= 15 is 0 Å². The van der Waals surface area contributed by atoms with Crippen molar-refractivity contribution < 1.29 is 9.50 Å². The average molecular weight is 299 g/mol. The summed E-state index contributed by atoms with van der Waals surface area (Å²) in [7, 11) is -1.43. The first kappa shape index (κ1) is 15.6. The second-order valence-corrected chi connectivity index (χ2v) is 12.9. The Morgan fingerprint density at radius 3 is 2.45 bits per heavy atom. The Hall–Kier alpha value is -0.753. The summed E-state index contributed by atoms with van der Waals surface area (Å²) >= 11 is 0. The molecule has 0 aromatic carbocycles. The van der Waals surface area contributed by atoms with Gasteiger partial charge in [0.25, 0.3) is 0 Å². The van der Waals surface area contributed by atoms with E-state index < -0.39 is 19.8 Å². The summed E-state index contributed by atoms with van der Waals surface area (Å²) in [6.07, 6.45) is 5.16. The molecule has 1 aromatic rings. The van der Waals surface area contributed by atoms with Crippen molar-refractivity contribution in [3.63, 3.8) is 0 Å². The number of aromatic nitrogens is 3. The highest BCUT2D eigenvalue weighted by Crippen LogP contribution is 2.39. The first-order chi connectivity index (χ1) is 9.28. The lowest BCUT2D eigenvalue weighted by atomic mass is 9.77. The highest BCUT2D eigenvalue weighted by atomic mass is 28.3. The van der Waals surface area contributed by atoms with Gasteiger partial charge in [-0.2, -0.15) is 5.10 Å². The minimum atomic E-state index is -1.43.